The monoisotopic (exact) mass is 521 g/mol. The van der Waals surface area contributed by atoms with Gasteiger partial charge >= 0.3 is 0 Å². The first-order chi connectivity index (χ1) is 17.8. The fourth-order valence-electron chi connectivity index (χ4n) is 5.72. The summed E-state index contributed by atoms with van der Waals surface area (Å²) in [6, 6.07) is 6.59. The van der Waals surface area contributed by atoms with E-state index >= 15 is 0 Å². The Morgan fingerprint density at radius 1 is 1.11 bits per heavy atom. The van der Waals surface area contributed by atoms with Crippen LogP contribution >= 0.6 is 11.6 Å². The van der Waals surface area contributed by atoms with E-state index in [1.54, 1.807) is 6.20 Å². The van der Waals surface area contributed by atoms with Gasteiger partial charge in [0.1, 0.15) is 10.8 Å². The second-order valence-corrected chi connectivity index (χ2v) is 11.0. The largest absolute Gasteiger partial charge is 0.341 e. The molecule has 2 aliphatic rings. The second kappa shape index (κ2) is 10.8. The molecule has 2 aromatic heterocycles. The van der Waals surface area contributed by atoms with E-state index in [1.165, 1.54) is 22.3 Å². The Balaban J connectivity index is 1.25. The number of aryl methyl sites for hydroxylation is 3. The number of hydrogen-bond donors (Lipinski definition) is 2. The zero-order valence-electron chi connectivity index (χ0n) is 22.1. The van der Waals surface area contributed by atoms with Crippen molar-refractivity contribution in [2.75, 3.05) is 32.0 Å². The van der Waals surface area contributed by atoms with Crippen LogP contribution in [0.5, 0.6) is 0 Å². The zero-order chi connectivity index (χ0) is 26.1. The van der Waals surface area contributed by atoms with Crippen molar-refractivity contribution in [1.29, 1.82) is 0 Å². The van der Waals surface area contributed by atoms with Crippen LogP contribution in [-0.2, 0) is 11.2 Å². The summed E-state index contributed by atoms with van der Waals surface area (Å²) in [4.78, 5) is 26.4. The maximum Gasteiger partial charge on any atom is 0.239 e. The van der Waals surface area contributed by atoms with Crippen molar-refractivity contribution in [3.05, 3.63) is 63.2 Å². The molecule has 2 N–H and O–H groups in total. The van der Waals surface area contributed by atoms with Gasteiger partial charge in [-0.1, -0.05) is 23.7 Å². The Morgan fingerprint density at radius 3 is 2.57 bits per heavy atom. The minimum absolute atomic E-state index is 0.0778. The third-order valence-electron chi connectivity index (χ3n) is 7.87. The van der Waals surface area contributed by atoms with Crippen molar-refractivity contribution in [2.24, 2.45) is 0 Å². The number of nitrogens with zero attached hydrogens (tertiary/aromatic N) is 5. The highest BCUT2D eigenvalue weighted by Gasteiger charge is 2.33. The Kier molecular flexibility index (Phi) is 7.49. The molecule has 8 nitrogen and oxygen atoms in total. The van der Waals surface area contributed by atoms with Crippen LogP contribution in [0.3, 0.4) is 0 Å². The molecule has 37 heavy (non-hydrogen) atoms. The van der Waals surface area contributed by atoms with Crippen molar-refractivity contribution in [1.82, 2.24) is 30.0 Å². The number of piperidine rings is 1. The average Bonchev–Trinajstić information content (AvgIpc) is 3.50. The molecule has 2 aliphatic heterocycles. The van der Waals surface area contributed by atoms with Gasteiger partial charge in [0.15, 0.2) is 11.6 Å². The molecule has 1 aromatic carbocycles. The number of likely N-dealkylation sites (N-methyl/N-ethyl adjacent to an activating group) is 1. The van der Waals surface area contributed by atoms with E-state index in [2.05, 4.69) is 68.3 Å². The molecule has 1 amide bonds. The highest BCUT2D eigenvalue weighted by Crippen LogP contribution is 2.33. The number of amides is 1. The molecule has 5 rings (SSSR count). The van der Waals surface area contributed by atoms with Crippen molar-refractivity contribution >= 4 is 29.1 Å². The minimum Gasteiger partial charge on any atom is -0.341 e. The van der Waals surface area contributed by atoms with Crippen molar-refractivity contribution in [3.63, 3.8) is 0 Å². The third kappa shape index (κ3) is 5.65. The molecular formula is C28H36ClN7O. The number of halogens is 1. The molecule has 0 bridgehead atoms. The predicted octanol–water partition coefficient (Wildman–Crippen LogP) is 4.91. The van der Waals surface area contributed by atoms with Crippen LogP contribution in [0.1, 0.15) is 65.4 Å². The molecular weight excluding hydrogens is 486 g/mol. The van der Waals surface area contributed by atoms with E-state index in [0.29, 0.717) is 40.7 Å². The molecule has 0 radical (unpaired) electrons. The number of likely N-dealkylation sites (tertiary alicyclic amines) is 2. The number of benzene rings is 1. The Bertz CT molecular complexity index is 1280. The highest BCUT2D eigenvalue weighted by molar-refractivity contribution is 6.32. The normalized spacial score (nSPS) is 18.9. The number of carbonyl (C=O) groups is 1. The first-order valence-electron chi connectivity index (χ1n) is 13.2. The van der Waals surface area contributed by atoms with Crippen LogP contribution in [0.15, 0.2) is 24.4 Å². The van der Waals surface area contributed by atoms with E-state index < -0.39 is 0 Å². The number of aromatic nitrogens is 4. The summed E-state index contributed by atoms with van der Waals surface area (Å²) in [7, 11) is 2.07. The number of rotatable bonds is 6. The first-order valence-corrected chi connectivity index (χ1v) is 13.6. The standard InChI is InChI=1S/C28H36ClN7O/c1-17-13-22(20-7-10-36(11-8-20)28(37)24-6-5-9-35(24)4)18(2)12-21(17)15-25-30-16-23(29)27(31-25)32-26-14-19(3)33-34-26/h12-14,16,20,24H,5-11,15H2,1-4H3,(H2,30,31,32,33,34)/t24-/m0/s1. The van der Waals surface area contributed by atoms with E-state index in [-0.39, 0.29) is 6.04 Å². The molecule has 9 heteroatoms. The zero-order valence-corrected chi connectivity index (χ0v) is 22.9. The summed E-state index contributed by atoms with van der Waals surface area (Å²) in [6.45, 7) is 9.02. The molecule has 1 atom stereocenters. The van der Waals surface area contributed by atoms with Gasteiger partial charge in [0, 0.05) is 31.3 Å². The summed E-state index contributed by atoms with van der Waals surface area (Å²) in [5, 5.41) is 10.7. The molecule has 0 unspecified atom stereocenters. The van der Waals surface area contributed by atoms with E-state index in [1.807, 2.05) is 13.0 Å². The molecule has 196 valence electrons. The Labute approximate surface area is 223 Å². The predicted molar refractivity (Wildman–Crippen MR) is 147 cm³/mol. The number of nitrogens with one attached hydrogen (secondary N) is 2. The molecule has 4 heterocycles. The number of hydrogen-bond acceptors (Lipinski definition) is 6. The lowest BCUT2D eigenvalue weighted by Crippen LogP contribution is -2.47. The molecule has 0 saturated carbocycles. The molecule has 2 saturated heterocycles. The quantitative estimate of drug-likeness (QED) is 0.479. The topological polar surface area (TPSA) is 90.0 Å². The average molecular weight is 522 g/mol. The van der Waals surface area contributed by atoms with Crippen LogP contribution in [-0.4, -0.2) is 68.6 Å². The van der Waals surface area contributed by atoms with Crippen LogP contribution in [0.4, 0.5) is 11.6 Å². The molecule has 3 aromatic rings. The van der Waals surface area contributed by atoms with Gasteiger partial charge in [0.25, 0.3) is 0 Å². The van der Waals surface area contributed by atoms with Gasteiger partial charge in [-0.3, -0.25) is 14.8 Å². The first kappa shape index (κ1) is 25.7. The summed E-state index contributed by atoms with van der Waals surface area (Å²) >= 11 is 6.34. The van der Waals surface area contributed by atoms with E-state index in [9.17, 15) is 4.79 Å². The number of anilines is 2. The second-order valence-electron chi connectivity index (χ2n) is 10.6. The smallest absolute Gasteiger partial charge is 0.239 e. The summed E-state index contributed by atoms with van der Waals surface area (Å²) in [5.74, 6) is 2.73. The Morgan fingerprint density at radius 2 is 1.89 bits per heavy atom. The lowest BCUT2D eigenvalue weighted by Gasteiger charge is -2.35. The van der Waals surface area contributed by atoms with Gasteiger partial charge in [-0.05, 0) is 88.2 Å². The van der Waals surface area contributed by atoms with E-state index in [4.69, 9.17) is 11.6 Å². The van der Waals surface area contributed by atoms with E-state index in [0.717, 1.165) is 51.0 Å². The van der Waals surface area contributed by atoms with Gasteiger partial charge in [0.2, 0.25) is 5.91 Å². The lowest BCUT2D eigenvalue weighted by atomic mass is 9.84. The lowest BCUT2D eigenvalue weighted by molar-refractivity contribution is -0.136. The van der Waals surface area contributed by atoms with Crippen LogP contribution < -0.4 is 5.32 Å². The summed E-state index contributed by atoms with van der Waals surface area (Å²) in [6.07, 6.45) is 6.41. The maximum absolute atomic E-state index is 13.0. The molecule has 0 spiro atoms. The van der Waals surface area contributed by atoms with Crippen LogP contribution in [0.2, 0.25) is 5.02 Å². The fraction of sp³-hybridized carbons (Fsp3) is 0.500. The highest BCUT2D eigenvalue weighted by atomic mass is 35.5. The summed E-state index contributed by atoms with van der Waals surface area (Å²) < 4.78 is 0. The van der Waals surface area contributed by atoms with Crippen LogP contribution in [0.25, 0.3) is 0 Å². The summed E-state index contributed by atoms with van der Waals surface area (Å²) in [5.41, 5.74) is 6.10. The van der Waals surface area contributed by atoms with Gasteiger partial charge in [0.05, 0.1) is 12.2 Å². The van der Waals surface area contributed by atoms with Crippen molar-refractivity contribution < 1.29 is 4.79 Å². The molecule has 2 fully saturated rings. The number of aromatic amines is 1. The fourth-order valence-corrected chi connectivity index (χ4v) is 5.86. The van der Waals surface area contributed by atoms with Gasteiger partial charge < -0.3 is 10.2 Å². The van der Waals surface area contributed by atoms with Gasteiger partial charge in [-0.25, -0.2) is 9.97 Å². The molecule has 0 aliphatic carbocycles. The van der Waals surface area contributed by atoms with Crippen LogP contribution in [0, 0.1) is 20.8 Å². The van der Waals surface area contributed by atoms with Gasteiger partial charge in [-0.2, -0.15) is 5.10 Å². The maximum atomic E-state index is 13.0. The number of H-pyrrole nitrogens is 1. The third-order valence-corrected chi connectivity index (χ3v) is 8.15. The SMILES string of the molecule is Cc1cc(Nc2nc(Cc3cc(C)c(C4CCN(C(=O)[C@@H]5CCCN5C)CC4)cc3C)ncc2Cl)n[nH]1. The van der Waals surface area contributed by atoms with Gasteiger partial charge in [-0.15, -0.1) is 0 Å². The number of carbonyl (C=O) groups excluding carboxylic acids is 1. The minimum atomic E-state index is 0.0778. The van der Waals surface area contributed by atoms with Crippen molar-refractivity contribution in [3.8, 4) is 0 Å². The van der Waals surface area contributed by atoms with Crippen molar-refractivity contribution in [2.45, 2.75) is 64.8 Å². The Hall–Kier alpha value is -2.97.